The Morgan fingerprint density at radius 3 is 2.22 bits per heavy atom. The molecule has 130 valence electrons. The van der Waals surface area contributed by atoms with Crippen LogP contribution in [0, 0.1) is 5.92 Å². The third-order valence-electron chi connectivity index (χ3n) is 3.73. The van der Waals surface area contributed by atoms with Crippen molar-refractivity contribution in [3.8, 4) is 0 Å². The van der Waals surface area contributed by atoms with E-state index in [0.717, 1.165) is 5.56 Å². The van der Waals surface area contributed by atoms with Crippen molar-refractivity contribution in [1.29, 1.82) is 0 Å². The second-order valence-electron chi connectivity index (χ2n) is 6.51. The first-order valence-electron chi connectivity index (χ1n) is 7.59. The van der Waals surface area contributed by atoms with Gasteiger partial charge in [-0.1, -0.05) is 58.0 Å². The van der Waals surface area contributed by atoms with Gasteiger partial charge in [-0.2, -0.15) is 0 Å². The van der Waals surface area contributed by atoms with E-state index in [1.165, 1.54) is 0 Å². The highest BCUT2D eigenvalue weighted by Gasteiger charge is 2.22. The van der Waals surface area contributed by atoms with Crippen LogP contribution in [0.1, 0.15) is 33.3 Å². The van der Waals surface area contributed by atoms with Gasteiger partial charge in [0, 0.05) is 12.0 Å². The van der Waals surface area contributed by atoms with Crippen LogP contribution in [0.25, 0.3) is 0 Å². The minimum atomic E-state index is -0.589. The minimum absolute atomic E-state index is 0. The van der Waals surface area contributed by atoms with Gasteiger partial charge < -0.3 is 16.4 Å². The number of nitrogens with two attached hydrogens (primary N) is 1. The van der Waals surface area contributed by atoms with Crippen molar-refractivity contribution in [2.24, 2.45) is 11.7 Å². The van der Waals surface area contributed by atoms with Crippen molar-refractivity contribution in [3.63, 3.8) is 0 Å². The van der Waals surface area contributed by atoms with Crippen LogP contribution in [0.5, 0.6) is 0 Å². The van der Waals surface area contributed by atoms with Gasteiger partial charge in [0.25, 0.3) is 0 Å². The summed E-state index contributed by atoms with van der Waals surface area (Å²) in [5.41, 5.74) is 6.70. The average molecular weight is 342 g/mol. The zero-order chi connectivity index (χ0) is 16.8. The molecule has 0 unspecified atom stereocenters. The van der Waals surface area contributed by atoms with Gasteiger partial charge in [0.15, 0.2) is 0 Å². The lowest BCUT2D eigenvalue weighted by Crippen LogP contribution is -2.48. The van der Waals surface area contributed by atoms with Crippen LogP contribution < -0.4 is 16.4 Å². The van der Waals surface area contributed by atoms with Gasteiger partial charge in [0.2, 0.25) is 11.8 Å². The third-order valence-corrected chi connectivity index (χ3v) is 3.73. The smallest absolute Gasteiger partial charge is 0.239 e. The van der Waals surface area contributed by atoms with Gasteiger partial charge in [0.05, 0.1) is 12.6 Å². The number of benzene rings is 1. The molecule has 2 amide bonds. The number of hydrogen-bond donors (Lipinski definition) is 3. The van der Waals surface area contributed by atoms with Crippen molar-refractivity contribution < 1.29 is 9.59 Å². The zero-order valence-corrected chi connectivity index (χ0v) is 15.1. The highest BCUT2D eigenvalue weighted by atomic mass is 35.5. The van der Waals surface area contributed by atoms with E-state index in [0.29, 0.717) is 6.54 Å². The van der Waals surface area contributed by atoms with Gasteiger partial charge in [-0.15, -0.1) is 12.4 Å². The monoisotopic (exact) mass is 341 g/mol. The van der Waals surface area contributed by atoms with Crippen LogP contribution in [-0.2, 0) is 15.0 Å². The molecule has 4 N–H and O–H groups in total. The lowest BCUT2D eigenvalue weighted by molar-refractivity contribution is -0.127. The maximum atomic E-state index is 11.9. The van der Waals surface area contributed by atoms with Crippen molar-refractivity contribution in [2.75, 3.05) is 13.1 Å². The molecule has 0 fully saturated rings. The van der Waals surface area contributed by atoms with Crippen LogP contribution in [-0.4, -0.2) is 30.9 Å². The number of carbonyl (C=O) groups excluding carboxylic acids is 2. The van der Waals surface area contributed by atoms with E-state index in [-0.39, 0.29) is 42.1 Å². The molecule has 0 aliphatic heterocycles. The Balaban J connectivity index is 0.00000484. The fourth-order valence-electron chi connectivity index (χ4n) is 1.96. The molecule has 0 bridgehead atoms. The van der Waals surface area contributed by atoms with E-state index >= 15 is 0 Å². The first-order valence-corrected chi connectivity index (χ1v) is 7.59. The van der Waals surface area contributed by atoms with E-state index in [1.807, 2.05) is 44.2 Å². The van der Waals surface area contributed by atoms with Crippen LogP contribution in [0.15, 0.2) is 30.3 Å². The second kappa shape index (κ2) is 9.53. The lowest BCUT2D eigenvalue weighted by Gasteiger charge is -2.25. The van der Waals surface area contributed by atoms with Crippen molar-refractivity contribution in [3.05, 3.63) is 35.9 Å². The predicted octanol–water partition coefficient (Wildman–Crippen LogP) is 1.60. The summed E-state index contributed by atoms with van der Waals surface area (Å²) in [6.07, 6.45) is 0. The second-order valence-corrected chi connectivity index (χ2v) is 6.51. The number of nitrogens with one attached hydrogen (secondary N) is 2. The third kappa shape index (κ3) is 7.01. The summed E-state index contributed by atoms with van der Waals surface area (Å²) in [6, 6.07) is 9.41. The first kappa shape index (κ1) is 21.4. The predicted molar refractivity (Wildman–Crippen MR) is 95.5 cm³/mol. The molecule has 0 radical (unpaired) electrons. The van der Waals surface area contributed by atoms with Crippen LogP contribution >= 0.6 is 12.4 Å². The summed E-state index contributed by atoms with van der Waals surface area (Å²) in [6.45, 7) is 8.32. The van der Waals surface area contributed by atoms with Gasteiger partial charge in [-0.3, -0.25) is 9.59 Å². The number of carbonyl (C=O) groups is 2. The maximum absolute atomic E-state index is 11.9. The fourth-order valence-corrected chi connectivity index (χ4v) is 1.96. The molecule has 5 nitrogen and oxygen atoms in total. The lowest BCUT2D eigenvalue weighted by atomic mass is 9.84. The highest BCUT2D eigenvalue weighted by molar-refractivity contribution is 5.87. The Bertz CT molecular complexity index is 504. The van der Waals surface area contributed by atoms with Crippen molar-refractivity contribution in [2.45, 2.75) is 39.2 Å². The van der Waals surface area contributed by atoms with E-state index in [1.54, 1.807) is 0 Å². The molecule has 1 aromatic carbocycles. The van der Waals surface area contributed by atoms with E-state index in [9.17, 15) is 9.59 Å². The molecule has 0 aliphatic carbocycles. The quantitative estimate of drug-likeness (QED) is 0.704. The zero-order valence-electron chi connectivity index (χ0n) is 14.3. The Hall–Kier alpha value is -1.59. The molecule has 0 aliphatic rings. The van der Waals surface area contributed by atoms with Crippen LogP contribution in [0.2, 0.25) is 0 Å². The Labute approximate surface area is 144 Å². The summed E-state index contributed by atoms with van der Waals surface area (Å²) in [5, 5.41) is 5.41. The molecular formula is C17H28ClN3O2. The molecule has 0 saturated carbocycles. The number of rotatable bonds is 7. The summed E-state index contributed by atoms with van der Waals surface area (Å²) in [5.74, 6) is -0.471. The molecule has 1 aromatic rings. The molecular weight excluding hydrogens is 314 g/mol. The Morgan fingerprint density at radius 1 is 1.13 bits per heavy atom. The summed E-state index contributed by atoms with van der Waals surface area (Å²) >= 11 is 0. The van der Waals surface area contributed by atoms with E-state index in [2.05, 4.69) is 24.5 Å². The Morgan fingerprint density at radius 2 is 1.70 bits per heavy atom. The van der Waals surface area contributed by atoms with Crippen LogP contribution in [0.4, 0.5) is 0 Å². The molecule has 1 rings (SSSR count). The van der Waals surface area contributed by atoms with E-state index in [4.69, 9.17) is 5.73 Å². The molecule has 0 heterocycles. The fraction of sp³-hybridized carbons (Fsp3) is 0.529. The van der Waals surface area contributed by atoms with Crippen LogP contribution in [0.3, 0.4) is 0 Å². The van der Waals surface area contributed by atoms with E-state index < -0.39 is 6.04 Å². The molecule has 0 aromatic heterocycles. The number of hydrogen-bond acceptors (Lipinski definition) is 3. The van der Waals surface area contributed by atoms with Crippen molar-refractivity contribution in [1.82, 2.24) is 10.6 Å². The minimum Gasteiger partial charge on any atom is -0.354 e. The van der Waals surface area contributed by atoms with Gasteiger partial charge in [-0.25, -0.2) is 0 Å². The largest absolute Gasteiger partial charge is 0.354 e. The van der Waals surface area contributed by atoms with Gasteiger partial charge >= 0.3 is 0 Å². The average Bonchev–Trinajstić information content (AvgIpc) is 2.50. The molecule has 0 saturated heterocycles. The summed E-state index contributed by atoms with van der Waals surface area (Å²) in [7, 11) is 0. The topological polar surface area (TPSA) is 84.2 Å². The Kier molecular flexibility index (Phi) is 8.87. The molecule has 1 atom stereocenters. The maximum Gasteiger partial charge on any atom is 0.239 e. The highest BCUT2D eigenvalue weighted by Crippen LogP contribution is 2.21. The number of amides is 2. The van der Waals surface area contributed by atoms with Gasteiger partial charge in [0.1, 0.15) is 0 Å². The normalized spacial score (nSPS) is 12.3. The molecule has 23 heavy (non-hydrogen) atoms. The first-order chi connectivity index (χ1) is 10.2. The van der Waals surface area contributed by atoms with Gasteiger partial charge in [-0.05, 0) is 11.5 Å². The SMILES string of the molecule is CC(C)[C@H](N)C(=O)NCC(=O)NCC(C)(C)c1ccccc1.Cl. The summed E-state index contributed by atoms with van der Waals surface area (Å²) < 4.78 is 0. The standard InChI is InChI=1S/C17H27N3O2.ClH/c1-12(2)15(18)16(22)19-10-14(21)20-11-17(3,4)13-8-6-5-7-9-13;/h5-9,12,15H,10-11,18H2,1-4H3,(H,19,22)(H,20,21);1H/t15-;/m0./s1. The molecule has 6 heteroatoms. The molecule has 0 spiro atoms. The summed E-state index contributed by atoms with van der Waals surface area (Å²) in [4.78, 5) is 23.5. The van der Waals surface area contributed by atoms with Crippen molar-refractivity contribution >= 4 is 24.2 Å². The number of halogens is 1.